The molecule has 0 spiro atoms. The van der Waals surface area contributed by atoms with Gasteiger partial charge in [-0.25, -0.2) is 4.98 Å². The molecule has 0 amide bonds. The number of aromatic nitrogens is 2. The van der Waals surface area contributed by atoms with Crippen LogP contribution in [0.5, 0.6) is 0 Å². The fourth-order valence-electron chi connectivity index (χ4n) is 2.17. The quantitative estimate of drug-likeness (QED) is 0.850. The zero-order chi connectivity index (χ0) is 12.3. The molecule has 0 atom stereocenters. The van der Waals surface area contributed by atoms with Gasteiger partial charge in [-0.15, -0.1) is 0 Å². The third kappa shape index (κ3) is 2.52. The van der Waals surface area contributed by atoms with E-state index >= 15 is 0 Å². The standard InChI is InChI=1S/C13H22N2O/c1-6-10(7-2)12-14-9(5)11(8(3)4)13(16)15-12/h8,10H,6-7H2,1-5H3,(H,14,15,16). The molecular weight excluding hydrogens is 200 g/mol. The number of rotatable bonds is 4. The van der Waals surface area contributed by atoms with Crippen molar-refractivity contribution in [3.05, 3.63) is 27.4 Å². The first-order valence-electron chi connectivity index (χ1n) is 6.11. The van der Waals surface area contributed by atoms with Crippen molar-refractivity contribution in [1.29, 1.82) is 0 Å². The molecule has 0 saturated carbocycles. The minimum Gasteiger partial charge on any atom is -0.310 e. The molecule has 0 bridgehead atoms. The van der Waals surface area contributed by atoms with Crippen LogP contribution in [-0.2, 0) is 0 Å². The zero-order valence-electron chi connectivity index (χ0n) is 10.9. The van der Waals surface area contributed by atoms with E-state index in [2.05, 4.69) is 23.8 Å². The first-order valence-corrected chi connectivity index (χ1v) is 6.11. The van der Waals surface area contributed by atoms with Crippen molar-refractivity contribution in [2.45, 2.75) is 59.3 Å². The van der Waals surface area contributed by atoms with Crippen LogP contribution in [0.2, 0.25) is 0 Å². The lowest BCUT2D eigenvalue weighted by Crippen LogP contribution is -2.21. The highest BCUT2D eigenvalue weighted by Crippen LogP contribution is 2.20. The molecule has 0 aliphatic heterocycles. The maximum absolute atomic E-state index is 11.9. The number of aromatic amines is 1. The van der Waals surface area contributed by atoms with Crippen LogP contribution in [0.1, 0.15) is 69.5 Å². The van der Waals surface area contributed by atoms with E-state index < -0.39 is 0 Å². The predicted molar refractivity (Wildman–Crippen MR) is 67.0 cm³/mol. The summed E-state index contributed by atoms with van der Waals surface area (Å²) in [4.78, 5) is 19.4. The average Bonchev–Trinajstić information content (AvgIpc) is 2.17. The van der Waals surface area contributed by atoms with Crippen molar-refractivity contribution >= 4 is 0 Å². The Kier molecular flexibility index (Phi) is 4.27. The van der Waals surface area contributed by atoms with Gasteiger partial charge in [0.15, 0.2) is 0 Å². The first kappa shape index (κ1) is 12.9. The van der Waals surface area contributed by atoms with E-state index in [9.17, 15) is 4.79 Å². The summed E-state index contributed by atoms with van der Waals surface area (Å²) in [7, 11) is 0. The van der Waals surface area contributed by atoms with Crippen LogP contribution in [-0.4, -0.2) is 9.97 Å². The minimum absolute atomic E-state index is 0.0319. The summed E-state index contributed by atoms with van der Waals surface area (Å²) < 4.78 is 0. The van der Waals surface area contributed by atoms with E-state index in [4.69, 9.17) is 0 Å². The van der Waals surface area contributed by atoms with Crippen LogP contribution in [0.3, 0.4) is 0 Å². The van der Waals surface area contributed by atoms with E-state index in [1.807, 2.05) is 20.8 Å². The van der Waals surface area contributed by atoms with Crippen LogP contribution >= 0.6 is 0 Å². The second-order valence-electron chi connectivity index (χ2n) is 4.62. The molecule has 0 unspecified atom stereocenters. The summed E-state index contributed by atoms with van der Waals surface area (Å²) in [6.07, 6.45) is 2.03. The van der Waals surface area contributed by atoms with Gasteiger partial charge in [-0.1, -0.05) is 27.7 Å². The van der Waals surface area contributed by atoms with Gasteiger partial charge in [0.05, 0.1) is 0 Å². The summed E-state index contributed by atoms with van der Waals surface area (Å²) in [5, 5.41) is 0. The average molecular weight is 222 g/mol. The third-order valence-electron chi connectivity index (χ3n) is 3.11. The molecule has 3 heteroatoms. The molecule has 0 radical (unpaired) electrons. The largest absolute Gasteiger partial charge is 0.310 e. The highest BCUT2D eigenvalue weighted by Gasteiger charge is 2.15. The van der Waals surface area contributed by atoms with Crippen LogP contribution in [0.4, 0.5) is 0 Å². The van der Waals surface area contributed by atoms with Crippen molar-refractivity contribution < 1.29 is 0 Å². The maximum Gasteiger partial charge on any atom is 0.254 e. The Morgan fingerprint density at radius 3 is 2.19 bits per heavy atom. The topological polar surface area (TPSA) is 45.8 Å². The minimum atomic E-state index is 0.0319. The van der Waals surface area contributed by atoms with E-state index in [0.717, 1.165) is 29.9 Å². The van der Waals surface area contributed by atoms with Gasteiger partial charge in [-0.3, -0.25) is 4.79 Å². The second kappa shape index (κ2) is 5.28. The molecule has 0 fully saturated rings. The normalized spacial score (nSPS) is 11.4. The summed E-state index contributed by atoms with van der Waals surface area (Å²) in [5.74, 6) is 1.44. The Bertz CT molecular complexity index is 403. The molecule has 90 valence electrons. The Labute approximate surface area is 97.3 Å². The Balaban J connectivity index is 3.24. The molecule has 0 aromatic carbocycles. The van der Waals surface area contributed by atoms with Gasteiger partial charge >= 0.3 is 0 Å². The third-order valence-corrected chi connectivity index (χ3v) is 3.11. The molecule has 0 saturated heterocycles. The summed E-state index contributed by atoms with van der Waals surface area (Å²) in [6, 6.07) is 0. The van der Waals surface area contributed by atoms with Crippen LogP contribution in [0.15, 0.2) is 4.79 Å². The summed E-state index contributed by atoms with van der Waals surface area (Å²) in [5.41, 5.74) is 1.72. The van der Waals surface area contributed by atoms with Gasteiger partial charge in [-0.2, -0.15) is 0 Å². The van der Waals surface area contributed by atoms with E-state index in [1.165, 1.54) is 0 Å². The molecule has 1 N–H and O–H groups in total. The number of nitrogens with one attached hydrogen (secondary N) is 1. The number of nitrogens with zero attached hydrogens (tertiary/aromatic N) is 1. The Morgan fingerprint density at radius 1 is 1.25 bits per heavy atom. The fourth-order valence-corrected chi connectivity index (χ4v) is 2.17. The molecule has 16 heavy (non-hydrogen) atoms. The number of hydrogen-bond donors (Lipinski definition) is 1. The zero-order valence-corrected chi connectivity index (χ0v) is 10.9. The van der Waals surface area contributed by atoms with Crippen LogP contribution < -0.4 is 5.56 Å². The summed E-state index contributed by atoms with van der Waals surface area (Å²) in [6.45, 7) is 10.2. The lowest BCUT2D eigenvalue weighted by Gasteiger charge is -2.14. The van der Waals surface area contributed by atoms with Crippen molar-refractivity contribution in [1.82, 2.24) is 9.97 Å². The number of hydrogen-bond acceptors (Lipinski definition) is 2. The van der Waals surface area contributed by atoms with Crippen LogP contribution in [0, 0.1) is 6.92 Å². The van der Waals surface area contributed by atoms with E-state index in [0.29, 0.717) is 5.92 Å². The Hall–Kier alpha value is -1.12. The number of aryl methyl sites for hydroxylation is 1. The smallest absolute Gasteiger partial charge is 0.254 e. The molecule has 0 aliphatic carbocycles. The molecular formula is C13H22N2O. The molecule has 1 rings (SSSR count). The molecule has 1 aromatic rings. The van der Waals surface area contributed by atoms with Gasteiger partial charge in [0.25, 0.3) is 5.56 Å². The predicted octanol–water partition coefficient (Wildman–Crippen LogP) is 3.11. The molecule has 1 heterocycles. The van der Waals surface area contributed by atoms with Crippen molar-refractivity contribution in [3.8, 4) is 0 Å². The molecule has 1 aromatic heterocycles. The second-order valence-corrected chi connectivity index (χ2v) is 4.62. The first-order chi connectivity index (χ1) is 7.51. The highest BCUT2D eigenvalue weighted by molar-refractivity contribution is 5.20. The van der Waals surface area contributed by atoms with E-state index in [-0.39, 0.29) is 11.5 Å². The van der Waals surface area contributed by atoms with Gasteiger partial charge < -0.3 is 4.98 Å². The van der Waals surface area contributed by atoms with Gasteiger partial charge in [0, 0.05) is 17.2 Å². The van der Waals surface area contributed by atoms with Crippen LogP contribution in [0.25, 0.3) is 0 Å². The van der Waals surface area contributed by atoms with E-state index in [1.54, 1.807) is 0 Å². The van der Waals surface area contributed by atoms with Crippen molar-refractivity contribution in [2.75, 3.05) is 0 Å². The Morgan fingerprint density at radius 2 is 1.81 bits per heavy atom. The fraction of sp³-hybridized carbons (Fsp3) is 0.692. The van der Waals surface area contributed by atoms with Crippen molar-refractivity contribution in [3.63, 3.8) is 0 Å². The van der Waals surface area contributed by atoms with Gasteiger partial charge in [-0.05, 0) is 25.7 Å². The lowest BCUT2D eigenvalue weighted by molar-refractivity contribution is 0.592. The van der Waals surface area contributed by atoms with Gasteiger partial charge in [0.2, 0.25) is 0 Å². The van der Waals surface area contributed by atoms with Gasteiger partial charge in [0.1, 0.15) is 5.82 Å². The SMILES string of the molecule is CCC(CC)c1nc(C)c(C(C)C)c(=O)[nH]1. The highest BCUT2D eigenvalue weighted by atomic mass is 16.1. The lowest BCUT2D eigenvalue weighted by atomic mass is 10.00. The summed E-state index contributed by atoms with van der Waals surface area (Å²) >= 11 is 0. The molecule has 3 nitrogen and oxygen atoms in total. The number of H-pyrrole nitrogens is 1. The van der Waals surface area contributed by atoms with Crippen molar-refractivity contribution in [2.24, 2.45) is 0 Å². The maximum atomic E-state index is 11.9. The molecule has 0 aliphatic rings. The monoisotopic (exact) mass is 222 g/mol.